The molecule has 1 unspecified atom stereocenters. The van der Waals surface area contributed by atoms with Crippen LogP contribution >= 0.6 is 0 Å². The maximum absolute atomic E-state index is 9.38. The van der Waals surface area contributed by atoms with Crippen LogP contribution < -0.4 is 4.74 Å². The number of hydrogen-bond donors (Lipinski definition) is 1. The summed E-state index contributed by atoms with van der Waals surface area (Å²) in [4.78, 5) is 0. The van der Waals surface area contributed by atoms with E-state index < -0.39 is 6.10 Å². The summed E-state index contributed by atoms with van der Waals surface area (Å²) < 4.78 is 5.63. The Bertz CT molecular complexity index is 338. The molecular weight excluding hydrogens is 212 g/mol. The van der Waals surface area contributed by atoms with E-state index in [1.165, 1.54) is 5.56 Å². The topological polar surface area (TPSA) is 29.5 Å². The molecule has 0 aliphatic rings. The zero-order chi connectivity index (χ0) is 13.1. The SMILES string of the molecule is CCC(C)(C)c1ccc(OC(C)[C@@H](C)O)cc1. The van der Waals surface area contributed by atoms with Crippen LogP contribution in [0, 0.1) is 0 Å². The molecule has 2 atom stereocenters. The molecule has 0 radical (unpaired) electrons. The van der Waals surface area contributed by atoms with Crippen molar-refractivity contribution in [3.63, 3.8) is 0 Å². The van der Waals surface area contributed by atoms with Crippen molar-refractivity contribution >= 4 is 0 Å². The molecule has 2 heteroatoms. The molecule has 0 spiro atoms. The highest BCUT2D eigenvalue weighted by Crippen LogP contribution is 2.28. The van der Waals surface area contributed by atoms with Crippen LogP contribution in [0.1, 0.15) is 46.6 Å². The highest BCUT2D eigenvalue weighted by molar-refractivity contribution is 5.31. The van der Waals surface area contributed by atoms with Gasteiger partial charge in [0.25, 0.3) is 0 Å². The summed E-state index contributed by atoms with van der Waals surface area (Å²) in [7, 11) is 0. The van der Waals surface area contributed by atoms with Crippen LogP contribution in [0.25, 0.3) is 0 Å². The van der Waals surface area contributed by atoms with Gasteiger partial charge in [0.2, 0.25) is 0 Å². The predicted molar refractivity (Wildman–Crippen MR) is 71.5 cm³/mol. The van der Waals surface area contributed by atoms with Gasteiger partial charge in [-0.05, 0) is 43.4 Å². The number of rotatable bonds is 5. The van der Waals surface area contributed by atoms with Gasteiger partial charge in [-0.2, -0.15) is 0 Å². The largest absolute Gasteiger partial charge is 0.488 e. The van der Waals surface area contributed by atoms with Crippen molar-refractivity contribution in [2.75, 3.05) is 0 Å². The molecule has 2 nitrogen and oxygen atoms in total. The molecular formula is C15H24O2. The van der Waals surface area contributed by atoms with Crippen molar-refractivity contribution in [2.45, 2.75) is 58.7 Å². The Morgan fingerprint density at radius 2 is 1.71 bits per heavy atom. The van der Waals surface area contributed by atoms with Crippen molar-refractivity contribution in [1.82, 2.24) is 0 Å². The first-order chi connectivity index (χ1) is 7.86. The standard InChI is InChI=1S/C15H24O2/c1-6-15(4,5)13-7-9-14(10-8-13)17-12(3)11(2)16/h7-12,16H,6H2,1-5H3/t11-,12?/m1/s1. The lowest BCUT2D eigenvalue weighted by atomic mass is 9.82. The van der Waals surface area contributed by atoms with E-state index in [9.17, 15) is 5.11 Å². The minimum absolute atomic E-state index is 0.181. The van der Waals surface area contributed by atoms with Gasteiger partial charge in [0.05, 0.1) is 6.10 Å². The molecule has 1 aromatic carbocycles. The third kappa shape index (κ3) is 3.74. The van der Waals surface area contributed by atoms with Crippen molar-refractivity contribution in [3.05, 3.63) is 29.8 Å². The lowest BCUT2D eigenvalue weighted by Gasteiger charge is -2.24. The maximum atomic E-state index is 9.38. The first-order valence-corrected chi connectivity index (χ1v) is 6.32. The Morgan fingerprint density at radius 3 is 2.12 bits per heavy atom. The fourth-order valence-corrected chi connectivity index (χ4v) is 1.50. The molecule has 0 bridgehead atoms. The summed E-state index contributed by atoms with van der Waals surface area (Å²) in [6, 6.07) is 8.17. The fraction of sp³-hybridized carbons (Fsp3) is 0.600. The summed E-state index contributed by atoms with van der Waals surface area (Å²) >= 11 is 0. The first-order valence-electron chi connectivity index (χ1n) is 6.32. The van der Waals surface area contributed by atoms with Crippen LogP contribution in [0.15, 0.2) is 24.3 Å². The van der Waals surface area contributed by atoms with Crippen LogP contribution in [0.3, 0.4) is 0 Å². The van der Waals surface area contributed by atoms with Gasteiger partial charge in [-0.3, -0.25) is 0 Å². The highest BCUT2D eigenvalue weighted by atomic mass is 16.5. The van der Waals surface area contributed by atoms with E-state index in [0.717, 1.165) is 12.2 Å². The van der Waals surface area contributed by atoms with E-state index >= 15 is 0 Å². The molecule has 0 aliphatic heterocycles. The van der Waals surface area contributed by atoms with Gasteiger partial charge < -0.3 is 9.84 Å². The Labute approximate surface area is 105 Å². The van der Waals surface area contributed by atoms with E-state index in [0.29, 0.717) is 0 Å². The van der Waals surface area contributed by atoms with Crippen LogP contribution in [0.4, 0.5) is 0 Å². The molecule has 1 N–H and O–H groups in total. The van der Waals surface area contributed by atoms with Gasteiger partial charge >= 0.3 is 0 Å². The quantitative estimate of drug-likeness (QED) is 0.847. The van der Waals surface area contributed by atoms with Crippen molar-refractivity contribution < 1.29 is 9.84 Å². The Balaban J connectivity index is 2.75. The lowest BCUT2D eigenvalue weighted by Crippen LogP contribution is -2.25. The highest BCUT2D eigenvalue weighted by Gasteiger charge is 2.18. The number of aliphatic hydroxyl groups is 1. The minimum Gasteiger partial charge on any atom is -0.488 e. The van der Waals surface area contributed by atoms with E-state index in [1.54, 1.807) is 6.92 Å². The molecule has 0 saturated heterocycles. The van der Waals surface area contributed by atoms with Gasteiger partial charge in [-0.15, -0.1) is 0 Å². The summed E-state index contributed by atoms with van der Waals surface area (Å²) in [5.41, 5.74) is 1.52. The van der Waals surface area contributed by atoms with Crippen LogP contribution in [-0.4, -0.2) is 17.3 Å². The number of hydrogen-bond acceptors (Lipinski definition) is 2. The fourth-order valence-electron chi connectivity index (χ4n) is 1.50. The number of aliphatic hydroxyl groups excluding tert-OH is 1. The van der Waals surface area contributed by atoms with E-state index in [2.05, 4.69) is 32.9 Å². The molecule has 1 aromatic rings. The Hall–Kier alpha value is -1.02. The second-order valence-corrected chi connectivity index (χ2v) is 5.33. The van der Waals surface area contributed by atoms with Gasteiger partial charge in [-0.1, -0.05) is 32.9 Å². The zero-order valence-electron chi connectivity index (χ0n) is 11.5. The molecule has 0 aliphatic carbocycles. The average molecular weight is 236 g/mol. The van der Waals surface area contributed by atoms with Crippen molar-refractivity contribution in [3.8, 4) is 5.75 Å². The van der Waals surface area contributed by atoms with Crippen molar-refractivity contribution in [1.29, 1.82) is 0 Å². The van der Waals surface area contributed by atoms with Crippen LogP contribution in [0.5, 0.6) is 5.75 Å². The number of benzene rings is 1. The predicted octanol–water partition coefficient (Wildman–Crippen LogP) is 3.52. The van der Waals surface area contributed by atoms with Gasteiger partial charge in [0, 0.05) is 0 Å². The van der Waals surface area contributed by atoms with E-state index in [-0.39, 0.29) is 11.5 Å². The third-order valence-electron chi connectivity index (χ3n) is 3.52. The molecule has 0 fully saturated rings. The van der Waals surface area contributed by atoms with Gasteiger partial charge in [-0.25, -0.2) is 0 Å². The van der Waals surface area contributed by atoms with E-state index in [1.807, 2.05) is 19.1 Å². The van der Waals surface area contributed by atoms with E-state index in [4.69, 9.17) is 4.74 Å². The second-order valence-electron chi connectivity index (χ2n) is 5.33. The smallest absolute Gasteiger partial charge is 0.121 e. The van der Waals surface area contributed by atoms with Crippen LogP contribution in [0.2, 0.25) is 0 Å². The summed E-state index contributed by atoms with van der Waals surface area (Å²) in [5.74, 6) is 0.814. The first kappa shape index (κ1) is 14.0. The summed E-state index contributed by atoms with van der Waals surface area (Å²) in [6.07, 6.45) is 0.471. The molecule has 0 heterocycles. The Kier molecular flexibility index (Phi) is 4.58. The monoisotopic (exact) mass is 236 g/mol. The molecule has 1 rings (SSSR count). The molecule has 96 valence electrons. The van der Waals surface area contributed by atoms with Crippen molar-refractivity contribution in [2.24, 2.45) is 0 Å². The average Bonchev–Trinajstić information content (AvgIpc) is 2.29. The lowest BCUT2D eigenvalue weighted by molar-refractivity contribution is 0.0604. The zero-order valence-corrected chi connectivity index (χ0v) is 11.5. The number of ether oxygens (including phenoxy) is 1. The molecule has 0 saturated carbocycles. The summed E-state index contributed by atoms with van der Waals surface area (Å²) in [6.45, 7) is 10.3. The maximum Gasteiger partial charge on any atom is 0.121 e. The van der Waals surface area contributed by atoms with Gasteiger partial charge in [0.15, 0.2) is 0 Å². The second kappa shape index (κ2) is 5.54. The van der Waals surface area contributed by atoms with Crippen LogP contribution in [-0.2, 0) is 5.41 Å². The summed E-state index contributed by atoms with van der Waals surface area (Å²) in [5, 5.41) is 9.38. The minimum atomic E-state index is -0.457. The van der Waals surface area contributed by atoms with Gasteiger partial charge in [0.1, 0.15) is 11.9 Å². The molecule has 17 heavy (non-hydrogen) atoms. The Morgan fingerprint density at radius 1 is 1.18 bits per heavy atom. The molecule has 0 aromatic heterocycles. The third-order valence-corrected chi connectivity index (χ3v) is 3.52. The normalized spacial score (nSPS) is 15.4. The molecule has 0 amide bonds.